The second-order valence-electron chi connectivity index (χ2n) is 7.58. The lowest BCUT2D eigenvalue weighted by Crippen LogP contribution is -2.45. The first-order chi connectivity index (χ1) is 13.0. The van der Waals surface area contributed by atoms with Gasteiger partial charge in [-0.1, -0.05) is 20.8 Å². The van der Waals surface area contributed by atoms with Crippen molar-refractivity contribution in [3.63, 3.8) is 0 Å². The minimum absolute atomic E-state index is 0.111. The Morgan fingerprint density at radius 2 is 1.86 bits per heavy atom. The first-order valence-electron chi connectivity index (χ1n) is 9.38. The van der Waals surface area contributed by atoms with E-state index in [0.717, 1.165) is 11.3 Å². The van der Waals surface area contributed by atoms with E-state index >= 15 is 0 Å². The van der Waals surface area contributed by atoms with Crippen LogP contribution in [-0.2, 0) is 19.1 Å². The number of esters is 1. The summed E-state index contributed by atoms with van der Waals surface area (Å²) >= 11 is 0. The van der Waals surface area contributed by atoms with Crippen molar-refractivity contribution < 1.29 is 28.7 Å². The van der Waals surface area contributed by atoms with Gasteiger partial charge in [-0.05, 0) is 39.0 Å². The third kappa shape index (κ3) is 6.82. The van der Waals surface area contributed by atoms with Crippen molar-refractivity contribution >= 4 is 29.8 Å². The van der Waals surface area contributed by atoms with Crippen molar-refractivity contribution in [3.8, 4) is 0 Å². The summed E-state index contributed by atoms with van der Waals surface area (Å²) in [6.07, 6.45) is 1.88. The van der Waals surface area contributed by atoms with Crippen LogP contribution in [-0.4, -0.2) is 59.5 Å². The van der Waals surface area contributed by atoms with Crippen molar-refractivity contribution in [1.82, 2.24) is 20.9 Å². The highest BCUT2D eigenvalue weighted by Crippen LogP contribution is 2.24. The molecule has 0 unspecified atom stereocenters. The van der Waals surface area contributed by atoms with Crippen LogP contribution in [0.15, 0.2) is 0 Å². The number of nitrogens with zero attached hydrogens (tertiary/aromatic N) is 1. The number of ether oxygens (including phenoxy) is 1. The number of hydrogen-bond donors (Lipinski definition) is 3. The molecule has 2 atom stereocenters. The number of amides is 6. The van der Waals surface area contributed by atoms with Crippen molar-refractivity contribution in [1.29, 1.82) is 0 Å². The molecule has 1 rings (SSSR count). The molecule has 0 aromatic heterocycles. The van der Waals surface area contributed by atoms with Gasteiger partial charge >= 0.3 is 18.0 Å². The van der Waals surface area contributed by atoms with Crippen molar-refractivity contribution in [2.24, 2.45) is 5.92 Å². The molecule has 1 saturated heterocycles. The van der Waals surface area contributed by atoms with Crippen LogP contribution in [0.3, 0.4) is 0 Å². The summed E-state index contributed by atoms with van der Waals surface area (Å²) in [5.74, 6) is -1.88. The Bertz CT molecular complexity index is 636. The standard InChI is InChI=1S/C18H30N4O6/c1-6-12(4)19-16(26)20-13(23)10-28-14(24)9-22-15(25)18(5,21-17(22)27)8-7-11(2)3/h11-12H,6-10H2,1-5H3,(H,21,27)(H2,19,20,23,26)/t12-,18+/m0/s1. The quantitative estimate of drug-likeness (QED) is 0.390. The molecule has 0 spiro atoms. The van der Waals surface area contributed by atoms with E-state index in [1.807, 2.05) is 26.1 Å². The zero-order valence-corrected chi connectivity index (χ0v) is 17.1. The van der Waals surface area contributed by atoms with E-state index in [-0.39, 0.29) is 6.04 Å². The Morgan fingerprint density at radius 3 is 2.43 bits per heavy atom. The van der Waals surface area contributed by atoms with Crippen LogP contribution in [0, 0.1) is 5.92 Å². The van der Waals surface area contributed by atoms with E-state index in [2.05, 4.69) is 10.6 Å². The van der Waals surface area contributed by atoms with Crippen LogP contribution < -0.4 is 16.0 Å². The number of rotatable bonds is 9. The maximum atomic E-state index is 12.5. The second kappa shape index (κ2) is 10.0. The van der Waals surface area contributed by atoms with E-state index in [1.165, 1.54) is 0 Å². The van der Waals surface area contributed by atoms with Gasteiger partial charge in [0, 0.05) is 6.04 Å². The van der Waals surface area contributed by atoms with Crippen molar-refractivity contribution in [3.05, 3.63) is 0 Å². The lowest BCUT2D eigenvalue weighted by Gasteiger charge is -2.22. The van der Waals surface area contributed by atoms with Gasteiger partial charge in [-0.15, -0.1) is 0 Å². The monoisotopic (exact) mass is 398 g/mol. The molecule has 0 radical (unpaired) electrons. The minimum Gasteiger partial charge on any atom is -0.454 e. The molecule has 10 heteroatoms. The lowest BCUT2D eigenvalue weighted by atomic mass is 9.92. The Labute approximate surface area is 164 Å². The highest BCUT2D eigenvalue weighted by molar-refractivity contribution is 6.08. The number of imide groups is 2. The molecular weight excluding hydrogens is 368 g/mol. The third-order valence-corrected chi connectivity index (χ3v) is 4.46. The zero-order valence-electron chi connectivity index (χ0n) is 17.1. The van der Waals surface area contributed by atoms with Gasteiger partial charge in [0.1, 0.15) is 12.1 Å². The predicted octanol–water partition coefficient (Wildman–Crippen LogP) is 0.901. The molecule has 6 amide bonds. The SMILES string of the molecule is CC[C@H](C)NC(=O)NC(=O)COC(=O)CN1C(=O)N[C@](C)(CCC(C)C)C1=O. The molecule has 0 bridgehead atoms. The number of nitrogens with one attached hydrogen (secondary N) is 3. The van der Waals surface area contributed by atoms with Gasteiger partial charge in [0.15, 0.2) is 6.61 Å². The molecule has 0 aromatic carbocycles. The highest BCUT2D eigenvalue weighted by Gasteiger charge is 2.48. The van der Waals surface area contributed by atoms with Crippen LogP contribution in [0.1, 0.15) is 53.9 Å². The summed E-state index contributed by atoms with van der Waals surface area (Å²) in [7, 11) is 0. The molecule has 3 N–H and O–H groups in total. The Morgan fingerprint density at radius 1 is 1.21 bits per heavy atom. The Hall–Kier alpha value is -2.65. The average molecular weight is 398 g/mol. The van der Waals surface area contributed by atoms with E-state index < -0.39 is 48.5 Å². The summed E-state index contributed by atoms with van der Waals surface area (Å²) in [5.41, 5.74) is -1.06. The maximum Gasteiger partial charge on any atom is 0.326 e. The van der Waals surface area contributed by atoms with Crippen LogP contribution in [0.4, 0.5) is 9.59 Å². The molecule has 1 aliphatic rings. The zero-order chi connectivity index (χ0) is 21.5. The van der Waals surface area contributed by atoms with Gasteiger partial charge in [0.2, 0.25) is 0 Å². The molecule has 0 saturated carbocycles. The largest absolute Gasteiger partial charge is 0.454 e. The number of carbonyl (C=O) groups is 5. The second-order valence-corrected chi connectivity index (χ2v) is 7.58. The highest BCUT2D eigenvalue weighted by atomic mass is 16.5. The van der Waals surface area contributed by atoms with Gasteiger partial charge in [-0.3, -0.25) is 24.6 Å². The van der Waals surface area contributed by atoms with E-state index in [1.54, 1.807) is 13.8 Å². The van der Waals surface area contributed by atoms with Crippen LogP contribution in [0.25, 0.3) is 0 Å². The number of urea groups is 2. The van der Waals surface area contributed by atoms with E-state index in [9.17, 15) is 24.0 Å². The minimum atomic E-state index is -1.06. The summed E-state index contributed by atoms with van der Waals surface area (Å²) in [6, 6.07) is -1.48. The van der Waals surface area contributed by atoms with Gasteiger partial charge in [0.05, 0.1) is 0 Å². The molecule has 1 aliphatic heterocycles. The predicted molar refractivity (Wildman–Crippen MR) is 100 cm³/mol. The lowest BCUT2D eigenvalue weighted by molar-refractivity contribution is -0.150. The first-order valence-corrected chi connectivity index (χ1v) is 9.38. The van der Waals surface area contributed by atoms with Crippen molar-refractivity contribution in [2.45, 2.75) is 65.5 Å². The molecular formula is C18H30N4O6. The van der Waals surface area contributed by atoms with Crippen LogP contribution >= 0.6 is 0 Å². The van der Waals surface area contributed by atoms with Gasteiger partial charge < -0.3 is 15.4 Å². The Kier molecular flexibility index (Phi) is 8.39. The summed E-state index contributed by atoms with van der Waals surface area (Å²) in [4.78, 5) is 60.4. The molecule has 28 heavy (non-hydrogen) atoms. The summed E-state index contributed by atoms with van der Waals surface area (Å²) in [6.45, 7) is 7.98. The fourth-order valence-electron chi connectivity index (χ4n) is 2.48. The maximum absolute atomic E-state index is 12.5. The van der Waals surface area contributed by atoms with Gasteiger partial charge in [0.25, 0.3) is 11.8 Å². The van der Waals surface area contributed by atoms with Gasteiger partial charge in [-0.2, -0.15) is 0 Å². The fraction of sp³-hybridized carbons (Fsp3) is 0.722. The van der Waals surface area contributed by atoms with E-state index in [4.69, 9.17) is 4.74 Å². The average Bonchev–Trinajstić information content (AvgIpc) is 2.81. The van der Waals surface area contributed by atoms with Gasteiger partial charge in [-0.25, -0.2) is 9.59 Å². The van der Waals surface area contributed by atoms with E-state index in [0.29, 0.717) is 18.8 Å². The van der Waals surface area contributed by atoms with Crippen molar-refractivity contribution in [2.75, 3.05) is 13.2 Å². The molecule has 10 nitrogen and oxygen atoms in total. The topological polar surface area (TPSA) is 134 Å². The molecule has 0 aromatic rings. The third-order valence-electron chi connectivity index (χ3n) is 4.46. The molecule has 0 aliphatic carbocycles. The molecule has 1 heterocycles. The fourth-order valence-corrected chi connectivity index (χ4v) is 2.48. The summed E-state index contributed by atoms with van der Waals surface area (Å²) in [5, 5.41) is 7.16. The van der Waals surface area contributed by atoms with Crippen LogP contribution in [0.5, 0.6) is 0 Å². The molecule has 1 fully saturated rings. The summed E-state index contributed by atoms with van der Waals surface area (Å²) < 4.78 is 4.76. The normalized spacial score (nSPS) is 20.0. The number of carbonyl (C=O) groups excluding carboxylic acids is 5. The smallest absolute Gasteiger partial charge is 0.326 e. The van der Waals surface area contributed by atoms with Crippen LogP contribution in [0.2, 0.25) is 0 Å². The first kappa shape index (κ1) is 23.4. The Balaban J connectivity index is 2.48. The number of hydrogen-bond acceptors (Lipinski definition) is 6. The molecule has 158 valence electrons.